The fourth-order valence-electron chi connectivity index (χ4n) is 1.48. The monoisotopic (exact) mass is 233 g/mol. The molecule has 8 heteroatoms. The van der Waals surface area contributed by atoms with Crippen LogP contribution in [0.3, 0.4) is 0 Å². The van der Waals surface area contributed by atoms with Gasteiger partial charge < -0.3 is 15.3 Å². The highest BCUT2D eigenvalue weighted by atomic mass is 16.3. The Kier molecular flexibility index (Phi) is 4.47. The van der Waals surface area contributed by atoms with Crippen LogP contribution < -0.4 is 11.4 Å². The van der Waals surface area contributed by atoms with Gasteiger partial charge in [0.1, 0.15) is 0 Å². The second-order valence-electron chi connectivity index (χ2n) is 3.13. The van der Waals surface area contributed by atoms with Gasteiger partial charge in [0, 0.05) is 0 Å². The molecule has 0 atom stereocenters. The third-order valence-corrected chi connectivity index (χ3v) is 2.14. The van der Waals surface area contributed by atoms with E-state index in [0.29, 0.717) is 0 Å². The van der Waals surface area contributed by atoms with Crippen LogP contribution in [0.4, 0.5) is 0 Å². The molecule has 0 aromatic carbocycles. The maximum atomic E-state index is 11.7. The van der Waals surface area contributed by atoms with Crippen LogP contribution in [-0.4, -0.2) is 49.1 Å². The van der Waals surface area contributed by atoms with Gasteiger partial charge in [0.05, 0.1) is 39.5 Å². The molecule has 0 amide bonds. The minimum absolute atomic E-state index is 0.0213. The number of aliphatic hydroxyl groups is 3. The van der Waals surface area contributed by atoms with Gasteiger partial charge in [-0.25, -0.2) is 23.5 Å². The van der Waals surface area contributed by atoms with E-state index in [-0.39, 0.29) is 39.5 Å². The van der Waals surface area contributed by atoms with Crippen LogP contribution in [0.1, 0.15) is 0 Å². The first-order valence-electron chi connectivity index (χ1n) is 4.90. The van der Waals surface area contributed by atoms with E-state index in [1.54, 1.807) is 0 Å². The highest BCUT2D eigenvalue weighted by Gasteiger charge is 2.14. The molecule has 0 aliphatic carbocycles. The molecule has 1 aromatic heterocycles. The van der Waals surface area contributed by atoms with Gasteiger partial charge >= 0.3 is 11.4 Å². The van der Waals surface area contributed by atoms with Crippen molar-refractivity contribution in [1.82, 2.24) is 13.9 Å². The number of hydrogen-bond acceptors (Lipinski definition) is 5. The first-order chi connectivity index (χ1) is 7.67. The molecule has 92 valence electrons. The summed E-state index contributed by atoms with van der Waals surface area (Å²) >= 11 is 0. The van der Waals surface area contributed by atoms with Gasteiger partial charge in [0.25, 0.3) is 0 Å². The lowest BCUT2D eigenvalue weighted by Crippen LogP contribution is -2.30. The lowest BCUT2D eigenvalue weighted by Gasteiger charge is -2.05. The summed E-state index contributed by atoms with van der Waals surface area (Å²) in [7, 11) is 0. The molecule has 3 N–H and O–H groups in total. The molecule has 8 nitrogen and oxygen atoms in total. The van der Waals surface area contributed by atoms with Gasteiger partial charge in [-0.15, -0.1) is 0 Å². The molecule has 0 aliphatic heterocycles. The van der Waals surface area contributed by atoms with Gasteiger partial charge in [-0.1, -0.05) is 0 Å². The molecule has 16 heavy (non-hydrogen) atoms. The maximum absolute atomic E-state index is 11.7. The Hall–Kier alpha value is -1.38. The Morgan fingerprint density at radius 3 is 1.44 bits per heavy atom. The van der Waals surface area contributed by atoms with Gasteiger partial charge in [0.15, 0.2) is 0 Å². The Morgan fingerprint density at radius 1 is 0.750 bits per heavy atom. The predicted molar refractivity (Wildman–Crippen MR) is 54.2 cm³/mol. The molecule has 0 saturated carbocycles. The maximum Gasteiger partial charge on any atom is 0.347 e. The summed E-state index contributed by atoms with van der Waals surface area (Å²) < 4.78 is 2.97. The van der Waals surface area contributed by atoms with E-state index in [0.717, 1.165) is 13.9 Å². The van der Waals surface area contributed by atoms with Crippen LogP contribution in [0.2, 0.25) is 0 Å². The fraction of sp³-hybridized carbons (Fsp3) is 0.750. The average molecular weight is 233 g/mol. The SMILES string of the molecule is O=c1n(CCO)c(=O)n(CCO)n1CCO. The van der Waals surface area contributed by atoms with E-state index in [1.807, 2.05) is 0 Å². The molecule has 0 fully saturated rings. The van der Waals surface area contributed by atoms with Crippen molar-refractivity contribution in [3.05, 3.63) is 21.0 Å². The Balaban J connectivity index is 3.28. The Morgan fingerprint density at radius 2 is 1.12 bits per heavy atom. The Labute approximate surface area is 90.6 Å². The Bertz CT molecular complexity index is 406. The van der Waals surface area contributed by atoms with Crippen LogP contribution in [-0.2, 0) is 19.6 Å². The van der Waals surface area contributed by atoms with E-state index < -0.39 is 11.4 Å². The number of aromatic nitrogens is 3. The van der Waals surface area contributed by atoms with Crippen LogP contribution >= 0.6 is 0 Å². The third kappa shape index (κ3) is 2.23. The number of rotatable bonds is 6. The molecule has 0 saturated heterocycles. The lowest BCUT2D eigenvalue weighted by atomic mass is 10.7. The summed E-state index contributed by atoms with van der Waals surface area (Å²) in [6, 6.07) is 0. The summed E-state index contributed by atoms with van der Waals surface area (Å²) in [6.07, 6.45) is 0. The summed E-state index contributed by atoms with van der Waals surface area (Å²) in [4.78, 5) is 23.3. The third-order valence-electron chi connectivity index (χ3n) is 2.14. The largest absolute Gasteiger partial charge is 0.395 e. The van der Waals surface area contributed by atoms with E-state index in [2.05, 4.69) is 0 Å². The van der Waals surface area contributed by atoms with Crippen molar-refractivity contribution in [2.45, 2.75) is 19.6 Å². The van der Waals surface area contributed by atoms with Gasteiger partial charge in [-0.3, -0.25) is 0 Å². The summed E-state index contributed by atoms with van der Waals surface area (Å²) in [6.45, 7) is -1.03. The number of aliphatic hydroxyl groups excluding tert-OH is 3. The van der Waals surface area contributed by atoms with Crippen molar-refractivity contribution in [2.24, 2.45) is 0 Å². The quantitative estimate of drug-likeness (QED) is 0.479. The smallest absolute Gasteiger partial charge is 0.347 e. The normalized spacial score (nSPS) is 10.9. The first-order valence-corrected chi connectivity index (χ1v) is 4.90. The fourth-order valence-corrected chi connectivity index (χ4v) is 1.48. The first kappa shape index (κ1) is 12.7. The average Bonchev–Trinajstić information content (AvgIpc) is 2.47. The highest BCUT2D eigenvalue weighted by molar-refractivity contribution is 4.74. The zero-order valence-electron chi connectivity index (χ0n) is 8.74. The van der Waals surface area contributed by atoms with Gasteiger partial charge in [-0.2, -0.15) is 0 Å². The predicted octanol–water partition coefficient (Wildman–Crippen LogP) is -3.21. The number of hydrogen-bond donors (Lipinski definition) is 3. The summed E-state index contributed by atoms with van der Waals surface area (Å²) in [5.74, 6) is 0. The van der Waals surface area contributed by atoms with Crippen LogP contribution in [0.5, 0.6) is 0 Å². The summed E-state index contributed by atoms with van der Waals surface area (Å²) in [5, 5.41) is 26.3. The van der Waals surface area contributed by atoms with Gasteiger partial charge in [0.2, 0.25) is 0 Å². The van der Waals surface area contributed by atoms with E-state index >= 15 is 0 Å². The van der Waals surface area contributed by atoms with Gasteiger partial charge in [-0.05, 0) is 0 Å². The van der Waals surface area contributed by atoms with E-state index in [4.69, 9.17) is 15.3 Å². The molecule has 1 aromatic rings. The molecule has 1 heterocycles. The molecule has 0 radical (unpaired) electrons. The molecule has 0 bridgehead atoms. The highest BCUT2D eigenvalue weighted by Crippen LogP contribution is 1.83. The van der Waals surface area contributed by atoms with E-state index in [1.165, 1.54) is 0 Å². The topological polar surface area (TPSA) is 110 Å². The molecule has 0 unspecified atom stereocenters. The van der Waals surface area contributed by atoms with Crippen LogP contribution in [0.15, 0.2) is 9.59 Å². The molecular formula is C8H15N3O5. The van der Waals surface area contributed by atoms with Crippen molar-refractivity contribution in [3.63, 3.8) is 0 Å². The standard InChI is InChI=1S/C8H15N3O5/c12-4-1-9-7(15)10(2-5-13)11(3-6-14)8(9)16/h12-14H,1-6H2. The molecule has 0 aliphatic rings. The minimum atomic E-state index is -0.596. The van der Waals surface area contributed by atoms with Crippen LogP contribution in [0, 0.1) is 0 Å². The van der Waals surface area contributed by atoms with Crippen molar-refractivity contribution in [3.8, 4) is 0 Å². The second kappa shape index (κ2) is 5.64. The van der Waals surface area contributed by atoms with Crippen molar-refractivity contribution >= 4 is 0 Å². The lowest BCUT2D eigenvalue weighted by molar-refractivity contribution is 0.226. The molecule has 1 rings (SSSR count). The number of nitrogens with zero attached hydrogens (tertiary/aromatic N) is 3. The second-order valence-corrected chi connectivity index (χ2v) is 3.13. The minimum Gasteiger partial charge on any atom is -0.395 e. The van der Waals surface area contributed by atoms with E-state index in [9.17, 15) is 9.59 Å². The molecule has 0 spiro atoms. The van der Waals surface area contributed by atoms with Crippen LogP contribution in [0.25, 0.3) is 0 Å². The van der Waals surface area contributed by atoms with Crippen molar-refractivity contribution < 1.29 is 15.3 Å². The van der Waals surface area contributed by atoms with Crippen molar-refractivity contribution in [2.75, 3.05) is 19.8 Å². The zero-order chi connectivity index (χ0) is 12.1. The molecular weight excluding hydrogens is 218 g/mol. The summed E-state index contributed by atoms with van der Waals surface area (Å²) in [5.41, 5.74) is -1.19. The van der Waals surface area contributed by atoms with Crippen molar-refractivity contribution in [1.29, 1.82) is 0 Å². The zero-order valence-corrected chi connectivity index (χ0v) is 8.74.